The lowest BCUT2D eigenvalue weighted by Crippen LogP contribution is -2.37. The van der Waals surface area contributed by atoms with E-state index in [0.717, 1.165) is 25.7 Å². The Morgan fingerprint density at radius 1 is 1.21 bits per heavy atom. The zero-order chi connectivity index (χ0) is 19.3. The topological polar surface area (TPSA) is 61.4 Å². The fourth-order valence-corrected chi connectivity index (χ4v) is 4.87. The third-order valence-corrected chi connectivity index (χ3v) is 6.43. The van der Waals surface area contributed by atoms with Gasteiger partial charge in [-0.2, -0.15) is 4.98 Å². The third-order valence-electron chi connectivity index (χ3n) is 6.25. The van der Waals surface area contributed by atoms with Gasteiger partial charge in [0, 0.05) is 32.7 Å². The minimum Gasteiger partial charge on any atom is -0.353 e. The van der Waals surface area contributed by atoms with Crippen LogP contribution in [0.15, 0.2) is 30.5 Å². The van der Waals surface area contributed by atoms with E-state index in [9.17, 15) is 9.18 Å². The van der Waals surface area contributed by atoms with Gasteiger partial charge in [0.1, 0.15) is 0 Å². The molecule has 1 unspecified atom stereocenters. The number of nitrogens with zero attached hydrogens (tertiary/aromatic N) is 4. The van der Waals surface area contributed by atoms with Crippen molar-refractivity contribution >= 4 is 23.4 Å². The first-order chi connectivity index (χ1) is 13.6. The maximum Gasteiger partial charge on any atom is 0.318 e. The number of halogens is 2. The van der Waals surface area contributed by atoms with E-state index in [0.29, 0.717) is 43.2 Å². The zero-order valence-corrected chi connectivity index (χ0v) is 16.1. The van der Waals surface area contributed by atoms with E-state index < -0.39 is 5.82 Å². The van der Waals surface area contributed by atoms with Crippen LogP contribution in [0.3, 0.4) is 0 Å². The number of nitrogens with one attached hydrogen (secondary N) is 1. The number of aromatic nitrogens is 2. The summed E-state index contributed by atoms with van der Waals surface area (Å²) in [6, 6.07) is 8.18. The van der Waals surface area contributed by atoms with E-state index >= 15 is 0 Å². The second-order valence-electron chi connectivity index (χ2n) is 7.85. The van der Waals surface area contributed by atoms with Gasteiger partial charge >= 0.3 is 6.03 Å². The zero-order valence-electron chi connectivity index (χ0n) is 15.3. The molecule has 3 aliphatic rings. The van der Waals surface area contributed by atoms with E-state index in [2.05, 4.69) is 27.4 Å². The average molecular weight is 402 g/mol. The van der Waals surface area contributed by atoms with E-state index in [-0.39, 0.29) is 11.3 Å². The molecular weight excluding hydrogens is 381 g/mol. The lowest BCUT2D eigenvalue weighted by molar-refractivity contribution is 0.198. The van der Waals surface area contributed by atoms with Crippen LogP contribution >= 0.6 is 11.6 Å². The van der Waals surface area contributed by atoms with Crippen LogP contribution in [-0.2, 0) is 13.1 Å². The van der Waals surface area contributed by atoms with Crippen molar-refractivity contribution in [2.75, 3.05) is 24.5 Å². The van der Waals surface area contributed by atoms with Crippen molar-refractivity contribution in [2.45, 2.75) is 19.5 Å². The molecule has 8 heteroatoms. The molecule has 5 rings (SSSR count). The van der Waals surface area contributed by atoms with Gasteiger partial charge in [-0.05, 0) is 46.9 Å². The van der Waals surface area contributed by atoms with Crippen molar-refractivity contribution in [3.05, 3.63) is 52.7 Å². The summed E-state index contributed by atoms with van der Waals surface area (Å²) in [5.74, 6) is 1.55. The minimum absolute atomic E-state index is 0.00124. The molecule has 6 nitrogen and oxygen atoms in total. The Kier molecular flexibility index (Phi) is 4.34. The molecule has 1 N–H and O–H groups in total. The Labute approximate surface area is 167 Å². The number of carbonyl (C=O) groups is 1. The smallest absolute Gasteiger partial charge is 0.318 e. The predicted octanol–water partition coefficient (Wildman–Crippen LogP) is 3.07. The largest absolute Gasteiger partial charge is 0.353 e. The molecule has 2 aromatic rings. The predicted molar refractivity (Wildman–Crippen MR) is 103 cm³/mol. The van der Waals surface area contributed by atoms with Crippen LogP contribution in [-0.4, -0.2) is 40.5 Å². The van der Waals surface area contributed by atoms with Gasteiger partial charge < -0.3 is 15.1 Å². The van der Waals surface area contributed by atoms with Gasteiger partial charge in [-0.1, -0.05) is 24.3 Å². The van der Waals surface area contributed by atoms with Gasteiger partial charge in [0.2, 0.25) is 5.28 Å². The highest BCUT2D eigenvalue weighted by Crippen LogP contribution is 2.54. The molecule has 0 spiro atoms. The van der Waals surface area contributed by atoms with E-state index in [1.54, 1.807) is 0 Å². The number of hydrogen-bond donors (Lipinski definition) is 1. The summed E-state index contributed by atoms with van der Waals surface area (Å²) < 4.78 is 13.9. The monoisotopic (exact) mass is 401 g/mol. The molecule has 0 bridgehead atoms. The van der Waals surface area contributed by atoms with Crippen molar-refractivity contribution in [1.29, 1.82) is 0 Å². The molecule has 28 heavy (non-hydrogen) atoms. The molecule has 146 valence electrons. The molecule has 0 radical (unpaired) electrons. The standard InChI is InChI=1S/C20H21ClFN5O/c21-19-24-7-17(22)18(25-19)26-10-15-14(16(15)11-26)5-6-23-20(28)27-8-12-3-1-2-4-13(12)9-27/h1-4,7,14-16H,5-6,8-11H2,(H,23,28)/t14?,15-,16+. The number of carbonyl (C=O) groups excluding carboxylic acids is 1. The van der Waals surface area contributed by atoms with E-state index in [4.69, 9.17) is 11.6 Å². The van der Waals surface area contributed by atoms with Crippen LogP contribution in [0.1, 0.15) is 17.5 Å². The molecule has 3 atom stereocenters. The maximum absolute atomic E-state index is 13.9. The summed E-state index contributed by atoms with van der Waals surface area (Å²) in [5, 5.41) is 3.12. The molecule has 1 saturated carbocycles. The Balaban J connectivity index is 1.07. The third kappa shape index (κ3) is 3.17. The molecule has 2 fully saturated rings. The van der Waals surface area contributed by atoms with Crippen molar-refractivity contribution in [1.82, 2.24) is 20.2 Å². The minimum atomic E-state index is -0.430. The molecule has 2 aliphatic heterocycles. The number of urea groups is 1. The first-order valence-corrected chi connectivity index (χ1v) is 10.0. The second-order valence-corrected chi connectivity index (χ2v) is 8.19. The first kappa shape index (κ1) is 17.7. The van der Waals surface area contributed by atoms with Crippen LogP contribution in [0, 0.1) is 23.6 Å². The van der Waals surface area contributed by atoms with Crippen LogP contribution < -0.4 is 10.2 Å². The van der Waals surface area contributed by atoms with E-state index in [1.807, 2.05) is 21.9 Å². The van der Waals surface area contributed by atoms with Gasteiger partial charge in [-0.3, -0.25) is 0 Å². The normalized spacial score (nSPS) is 24.9. The highest BCUT2D eigenvalue weighted by molar-refractivity contribution is 6.28. The van der Waals surface area contributed by atoms with Gasteiger partial charge in [0.25, 0.3) is 0 Å². The Morgan fingerprint density at radius 2 is 1.89 bits per heavy atom. The summed E-state index contributed by atoms with van der Waals surface area (Å²) in [6.07, 6.45) is 2.08. The second kappa shape index (κ2) is 6.88. The van der Waals surface area contributed by atoms with Crippen LogP contribution in [0.25, 0.3) is 0 Å². The SMILES string of the molecule is O=C(NCCC1[C@H]2CN(c3nc(Cl)ncc3F)C[C@@H]12)N1Cc2ccccc2C1. The Bertz CT molecular complexity index is 888. The molecule has 3 heterocycles. The van der Waals surface area contributed by atoms with E-state index in [1.165, 1.54) is 11.1 Å². The summed E-state index contributed by atoms with van der Waals surface area (Å²) in [5.41, 5.74) is 2.46. The summed E-state index contributed by atoms with van der Waals surface area (Å²) in [7, 11) is 0. The Hall–Kier alpha value is -2.41. The number of piperidine rings is 1. The van der Waals surface area contributed by atoms with Gasteiger partial charge in [-0.15, -0.1) is 0 Å². The summed E-state index contributed by atoms with van der Waals surface area (Å²) in [4.78, 5) is 23.9. The first-order valence-electron chi connectivity index (χ1n) is 9.62. The van der Waals surface area contributed by atoms with Crippen LogP contribution in [0.4, 0.5) is 15.0 Å². The maximum atomic E-state index is 13.9. The molecular formula is C20H21ClFN5O. The molecule has 1 saturated heterocycles. The molecule has 1 aromatic carbocycles. The van der Waals surface area contributed by atoms with Gasteiger partial charge in [0.15, 0.2) is 11.6 Å². The van der Waals surface area contributed by atoms with Gasteiger partial charge in [0.05, 0.1) is 6.20 Å². The fourth-order valence-electron chi connectivity index (χ4n) is 4.74. The van der Waals surface area contributed by atoms with Crippen molar-refractivity contribution in [3.63, 3.8) is 0 Å². The highest BCUT2D eigenvalue weighted by atomic mass is 35.5. The Morgan fingerprint density at radius 3 is 2.57 bits per heavy atom. The molecule has 2 amide bonds. The molecule has 1 aliphatic carbocycles. The van der Waals surface area contributed by atoms with Gasteiger partial charge in [-0.25, -0.2) is 14.2 Å². The van der Waals surface area contributed by atoms with Crippen molar-refractivity contribution in [3.8, 4) is 0 Å². The van der Waals surface area contributed by atoms with Crippen molar-refractivity contribution < 1.29 is 9.18 Å². The van der Waals surface area contributed by atoms with Crippen molar-refractivity contribution in [2.24, 2.45) is 17.8 Å². The number of benzene rings is 1. The fraction of sp³-hybridized carbons (Fsp3) is 0.450. The summed E-state index contributed by atoms with van der Waals surface area (Å²) >= 11 is 5.79. The lowest BCUT2D eigenvalue weighted by atomic mass is 10.1. The highest BCUT2D eigenvalue weighted by Gasteiger charge is 2.55. The number of fused-ring (bicyclic) bond motifs is 2. The number of rotatable bonds is 4. The number of hydrogen-bond acceptors (Lipinski definition) is 4. The quantitative estimate of drug-likeness (QED) is 0.800. The average Bonchev–Trinajstić information content (AvgIpc) is 3.05. The van der Waals surface area contributed by atoms with Crippen LogP contribution in [0.5, 0.6) is 0 Å². The molecule has 1 aromatic heterocycles. The number of anilines is 1. The number of amides is 2. The lowest BCUT2D eigenvalue weighted by Gasteiger charge is -2.21. The summed E-state index contributed by atoms with van der Waals surface area (Å²) in [6.45, 7) is 3.61. The van der Waals surface area contributed by atoms with Crippen LogP contribution in [0.2, 0.25) is 5.28 Å².